The van der Waals surface area contributed by atoms with E-state index in [2.05, 4.69) is 42.5 Å². The molecule has 1 aromatic heterocycles. The van der Waals surface area contributed by atoms with Crippen molar-refractivity contribution in [3.8, 4) is 39.3 Å². The van der Waals surface area contributed by atoms with E-state index in [-0.39, 0.29) is 5.56 Å². The molecule has 0 spiro atoms. The van der Waals surface area contributed by atoms with E-state index in [1.807, 2.05) is 91.0 Å². The molecule has 3 nitrogen and oxygen atoms in total. The van der Waals surface area contributed by atoms with E-state index in [1.54, 1.807) is 4.57 Å². The minimum atomic E-state index is -0.0846. The number of fused-ring (bicyclic) bond motifs is 1. The van der Waals surface area contributed by atoms with Crippen LogP contribution in [0.15, 0.2) is 138 Å². The second kappa shape index (κ2) is 8.88. The lowest BCUT2D eigenvalue weighted by Crippen LogP contribution is -2.22. The SMILES string of the molecule is O=c1c2ccccc2nc(-c2ccccc2)n1-c1cc(-c2ccccc2)cc(-c2ccccc2)c1. The molecule has 35 heavy (non-hydrogen) atoms. The monoisotopic (exact) mass is 450 g/mol. The highest BCUT2D eigenvalue weighted by Crippen LogP contribution is 2.31. The molecular weight excluding hydrogens is 428 g/mol. The van der Waals surface area contributed by atoms with E-state index in [0.29, 0.717) is 16.7 Å². The van der Waals surface area contributed by atoms with Crippen LogP contribution in [-0.4, -0.2) is 9.55 Å². The Hall–Kier alpha value is -4.76. The maximum Gasteiger partial charge on any atom is 0.266 e. The Morgan fingerprint density at radius 1 is 0.486 bits per heavy atom. The summed E-state index contributed by atoms with van der Waals surface area (Å²) in [5.41, 5.74) is 6.55. The van der Waals surface area contributed by atoms with Crippen LogP contribution in [0.2, 0.25) is 0 Å². The molecule has 3 heteroatoms. The Morgan fingerprint density at radius 3 is 1.54 bits per heavy atom. The van der Waals surface area contributed by atoms with E-state index in [0.717, 1.165) is 33.5 Å². The molecule has 0 unspecified atom stereocenters. The molecule has 0 bridgehead atoms. The van der Waals surface area contributed by atoms with Crippen molar-refractivity contribution in [1.29, 1.82) is 0 Å². The molecule has 0 saturated carbocycles. The van der Waals surface area contributed by atoms with Crippen LogP contribution >= 0.6 is 0 Å². The Morgan fingerprint density at radius 2 is 0.971 bits per heavy atom. The highest BCUT2D eigenvalue weighted by molar-refractivity contribution is 5.82. The molecule has 0 N–H and O–H groups in total. The predicted molar refractivity (Wildman–Crippen MR) is 144 cm³/mol. The summed E-state index contributed by atoms with van der Waals surface area (Å²) >= 11 is 0. The van der Waals surface area contributed by atoms with Gasteiger partial charge < -0.3 is 0 Å². The highest BCUT2D eigenvalue weighted by atomic mass is 16.1. The molecule has 0 radical (unpaired) electrons. The van der Waals surface area contributed by atoms with Gasteiger partial charge in [0.05, 0.1) is 16.6 Å². The zero-order valence-electron chi connectivity index (χ0n) is 19.0. The van der Waals surface area contributed by atoms with Crippen LogP contribution in [0.1, 0.15) is 0 Å². The van der Waals surface area contributed by atoms with Gasteiger partial charge in [0.25, 0.3) is 5.56 Å². The lowest BCUT2D eigenvalue weighted by molar-refractivity contribution is 0.976. The molecule has 0 fully saturated rings. The minimum Gasteiger partial charge on any atom is -0.268 e. The van der Waals surface area contributed by atoms with Crippen molar-refractivity contribution in [1.82, 2.24) is 9.55 Å². The summed E-state index contributed by atoms with van der Waals surface area (Å²) in [7, 11) is 0. The number of aromatic nitrogens is 2. The molecule has 0 aliphatic rings. The van der Waals surface area contributed by atoms with Crippen molar-refractivity contribution < 1.29 is 0 Å². The Balaban J connectivity index is 1.69. The van der Waals surface area contributed by atoms with Gasteiger partial charge in [0.15, 0.2) is 0 Å². The van der Waals surface area contributed by atoms with Gasteiger partial charge in [-0.2, -0.15) is 0 Å². The zero-order chi connectivity index (χ0) is 23.6. The lowest BCUT2D eigenvalue weighted by atomic mass is 9.97. The van der Waals surface area contributed by atoms with Gasteiger partial charge in [0, 0.05) is 5.56 Å². The molecule has 0 aliphatic heterocycles. The first-order valence-corrected chi connectivity index (χ1v) is 11.6. The van der Waals surface area contributed by atoms with Crippen LogP contribution in [0.4, 0.5) is 0 Å². The summed E-state index contributed by atoms with van der Waals surface area (Å²) in [6.45, 7) is 0. The van der Waals surface area contributed by atoms with Gasteiger partial charge in [-0.3, -0.25) is 9.36 Å². The first-order chi connectivity index (χ1) is 17.3. The van der Waals surface area contributed by atoms with Crippen molar-refractivity contribution in [2.45, 2.75) is 0 Å². The molecule has 6 rings (SSSR count). The first-order valence-electron chi connectivity index (χ1n) is 11.6. The number of rotatable bonds is 4. The fourth-order valence-corrected chi connectivity index (χ4v) is 4.49. The number of benzene rings is 5. The van der Waals surface area contributed by atoms with Gasteiger partial charge in [-0.05, 0) is 52.6 Å². The second-order valence-electron chi connectivity index (χ2n) is 8.46. The standard InChI is InChI=1S/C32H22N2O/c35-32-29-18-10-11-19-30(29)33-31(25-16-8-3-9-17-25)34(32)28-21-26(23-12-4-1-5-13-23)20-27(22-28)24-14-6-2-7-15-24/h1-22H. The topological polar surface area (TPSA) is 34.9 Å². The van der Waals surface area contributed by atoms with Crippen molar-refractivity contribution in [2.75, 3.05) is 0 Å². The normalized spacial score (nSPS) is 11.0. The van der Waals surface area contributed by atoms with Crippen LogP contribution in [0.5, 0.6) is 0 Å². The van der Waals surface area contributed by atoms with Crippen LogP contribution in [0.3, 0.4) is 0 Å². The lowest BCUT2D eigenvalue weighted by Gasteiger charge is -2.17. The maximum atomic E-state index is 13.9. The molecule has 166 valence electrons. The van der Waals surface area contributed by atoms with Crippen LogP contribution in [0, 0.1) is 0 Å². The minimum absolute atomic E-state index is 0.0846. The number of para-hydroxylation sites is 1. The molecule has 0 atom stereocenters. The summed E-state index contributed by atoms with van der Waals surface area (Å²) in [6.07, 6.45) is 0. The predicted octanol–water partition coefficient (Wildman–Crippen LogP) is 7.39. The van der Waals surface area contributed by atoms with Gasteiger partial charge >= 0.3 is 0 Å². The van der Waals surface area contributed by atoms with Crippen molar-refractivity contribution in [3.63, 3.8) is 0 Å². The van der Waals surface area contributed by atoms with Crippen LogP contribution < -0.4 is 5.56 Å². The number of hydrogen-bond donors (Lipinski definition) is 0. The number of hydrogen-bond acceptors (Lipinski definition) is 2. The van der Waals surface area contributed by atoms with Crippen LogP contribution in [0.25, 0.3) is 50.2 Å². The first kappa shape index (κ1) is 20.8. The summed E-state index contributed by atoms with van der Waals surface area (Å²) in [4.78, 5) is 18.9. The Kier molecular flexibility index (Phi) is 5.28. The van der Waals surface area contributed by atoms with Gasteiger partial charge in [0.2, 0.25) is 0 Å². The van der Waals surface area contributed by atoms with Gasteiger partial charge in [-0.15, -0.1) is 0 Å². The fraction of sp³-hybridized carbons (Fsp3) is 0. The summed E-state index contributed by atoms with van der Waals surface area (Å²) < 4.78 is 1.75. The van der Waals surface area contributed by atoms with E-state index in [4.69, 9.17) is 4.98 Å². The smallest absolute Gasteiger partial charge is 0.266 e. The summed E-state index contributed by atoms with van der Waals surface area (Å²) in [5, 5.41) is 0.596. The third kappa shape index (κ3) is 3.94. The van der Waals surface area contributed by atoms with Crippen molar-refractivity contribution in [3.05, 3.63) is 144 Å². The van der Waals surface area contributed by atoms with Crippen molar-refractivity contribution >= 4 is 10.9 Å². The quantitative estimate of drug-likeness (QED) is 0.281. The second-order valence-corrected chi connectivity index (χ2v) is 8.46. The fourth-order valence-electron chi connectivity index (χ4n) is 4.49. The van der Waals surface area contributed by atoms with Gasteiger partial charge in [0.1, 0.15) is 5.82 Å². The molecule has 5 aromatic carbocycles. The van der Waals surface area contributed by atoms with E-state index >= 15 is 0 Å². The van der Waals surface area contributed by atoms with Gasteiger partial charge in [-0.1, -0.05) is 103 Å². The largest absolute Gasteiger partial charge is 0.268 e. The summed E-state index contributed by atoms with van der Waals surface area (Å²) in [6, 6.07) is 44.3. The summed E-state index contributed by atoms with van der Waals surface area (Å²) in [5.74, 6) is 0.624. The Labute approximate surface area is 203 Å². The average Bonchev–Trinajstić information content (AvgIpc) is 2.94. The molecule has 6 aromatic rings. The molecule has 0 amide bonds. The zero-order valence-corrected chi connectivity index (χ0v) is 19.0. The molecular formula is C32H22N2O. The molecule has 0 aliphatic carbocycles. The van der Waals surface area contributed by atoms with E-state index < -0.39 is 0 Å². The molecule has 1 heterocycles. The molecule has 0 saturated heterocycles. The van der Waals surface area contributed by atoms with Crippen LogP contribution in [-0.2, 0) is 0 Å². The van der Waals surface area contributed by atoms with E-state index in [1.165, 1.54) is 0 Å². The van der Waals surface area contributed by atoms with Crippen molar-refractivity contribution in [2.24, 2.45) is 0 Å². The number of nitrogens with zero attached hydrogens (tertiary/aromatic N) is 2. The Bertz CT molecular complexity index is 1630. The average molecular weight is 451 g/mol. The van der Waals surface area contributed by atoms with Gasteiger partial charge in [-0.25, -0.2) is 4.98 Å². The maximum absolute atomic E-state index is 13.9. The third-order valence-corrected chi connectivity index (χ3v) is 6.20. The highest BCUT2D eigenvalue weighted by Gasteiger charge is 2.16. The van der Waals surface area contributed by atoms with E-state index in [9.17, 15) is 4.79 Å². The third-order valence-electron chi connectivity index (χ3n) is 6.20.